The van der Waals surface area contributed by atoms with Gasteiger partial charge in [-0.3, -0.25) is 0 Å². The zero-order valence-electron chi connectivity index (χ0n) is 12.9. The topological polar surface area (TPSA) is 32.7 Å². The Kier molecular flexibility index (Phi) is 5.44. The van der Waals surface area contributed by atoms with Crippen LogP contribution in [0.4, 0.5) is 0 Å². The van der Waals surface area contributed by atoms with Crippen molar-refractivity contribution in [3.8, 4) is 5.75 Å². The summed E-state index contributed by atoms with van der Waals surface area (Å²) in [5.41, 5.74) is 2.07. The fourth-order valence-electron chi connectivity index (χ4n) is 2.86. The van der Waals surface area contributed by atoms with E-state index < -0.39 is 6.10 Å². The second-order valence-corrected chi connectivity index (χ2v) is 6.07. The molecule has 0 radical (unpaired) electrons. The van der Waals surface area contributed by atoms with Crippen LogP contribution in [0.1, 0.15) is 43.4 Å². The van der Waals surface area contributed by atoms with Crippen molar-refractivity contribution < 1.29 is 9.84 Å². The molecule has 1 aromatic rings. The van der Waals surface area contributed by atoms with E-state index in [-0.39, 0.29) is 0 Å². The Morgan fingerprint density at radius 1 is 1.35 bits per heavy atom. The van der Waals surface area contributed by atoms with Crippen molar-refractivity contribution in [2.75, 3.05) is 26.7 Å². The van der Waals surface area contributed by atoms with Crippen molar-refractivity contribution in [3.05, 3.63) is 29.3 Å². The Labute approximate surface area is 122 Å². The second kappa shape index (κ2) is 7.09. The van der Waals surface area contributed by atoms with Crippen LogP contribution in [-0.2, 0) is 0 Å². The zero-order chi connectivity index (χ0) is 14.5. The third-order valence-corrected chi connectivity index (χ3v) is 4.34. The average molecular weight is 277 g/mol. The average Bonchev–Trinajstić information content (AvgIpc) is 2.46. The standard InChI is InChI=1S/C17H27NO2/c1-13-6-9-18(10-7-13)11-8-16(19)15-12-14(2)4-5-17(15)20-3/h4-5,12-13,16,19H,6-11H2,1-3H3. The number of methoxy groups -OCH3 is 1. The largest absolute Gasteiger partial charge is 0.496 e. The maximum absolute atomic E-state index is 10.4. The number of likely N-dealkylation sites (tertiary alicyclic amines) is 1. The molecule has 0 spiro atoms. The highest BCUT2D eigenvalue weighted by molar-refractivity contribution is 5.38. The van der Waals surface area contributed by atoms with Crippen LogP contribution in [0.25, 0.3) is 0 Å². The molecule has 0 aromatic heterocycles. The molecule has 0 bridgehead atoms. The van der Waals surface area contributed by atoms with E-state index in [9.17, 15) is 5.11 Å². The lowest BCUT2D eigenvalue weighted by Crippen LogP contribution is -2.34. The van der Waals surface area contributed by atoms with Crippen molar-refractivity contribution >= 4 is 0 Å². The Bertz CT molecular complexity index is 425. The van der Waals surface area contributed by atoms with Crippen molar-refractivity contribution in [1.82, 2.24) is 4.90 Å². The maximum Gasteiger partial charge on any atom is 0.124 e. The molecule has 0 amide bonds. The van der Waals surface area contributed by atoms with Crippen LogP contribution in [0.5, 0.6) is 5.75 Å². The van der Waals surface area contributed by atoms with Crippen LogP contribution in [0.3, 0.4) is 0 Å². The fourth-order valence-corrected chi connectivity index (χ4v) is 2.86. The number of ether oxygens (including phenoxy) is 1. The molecular formula is C17H27NO2. The van der Waals surface area contributed by atoms with E-state index in [0.717, 1.165) is 35.8 Å². The van der Waals surface area contributed by atoms with Crippen LogP contribution in [0.15, 0.2) is 18.2 Å². The molecule has 3 heteroatoms. The quantitative estimate of drug-likeness (QED) is 0.897. The number of aryl methyl sites for hydroxylation is 1. The Balaban J connectivity index is 1.91. The Morgan fingerprint density at radius 3 is 2.70 bits per heavy atom. The predicted molar refractivity (Wildman–Crippen MR) is 82.1 cm³/mol. The molecule has 1 saturated heterocycles. The molecule has 0 saturated carbocycles. The summed E-state index contributed by atoms with van der Waals surface area (Å²) < 4.78 is 5.35. The van der Waals surface area contributed by atoms with Gasteiger partial charge in [-0.2, -0.15) is 0 Å². The van der Waals surface area contributed by atoms with Gasteiger partial charge >= 0.3 is 0 Å². The maximum atomic E-state index is 10.4. The van der Waals surface area contributed by atoms with E-state index in [1.54, 1.807) is 7.11 Å². The highest BCUT2D eigenvalue weighted by Gasteiger charge is 2.18. The SMILES string of the molecule is COc1ccc(C)cc1C(O)CCN1CCC(C)CC1. The van der Waals surface area contributed by atoms with Gasteiger partial charge in [-0.25, -0.2) is 0 Å². The second-order valence-electron chi connectivity index (χ2n) is 6.07. The summed E-state index contributed by atoms with van der Waals surface area (Å²) >= 11 is 0. The fraction of sp³-hybridized carbons (Fsp3) is 0.647. The summed E-state index contributed by atoms with van der Waals surface area (Å²) in [6.45, 7) is 7.66. The van der Waals surface area contributed by atoms with Gasteiger partial charge in [0.15, 0.2) is 0 Å². The number of nitrogens with zero attached hydrogens (tertiary/aromatic N) is 1. The molecule has 1 fully saturated rings. The van der Waals surface area contributed by atoms with E-state index in [4.69, 9.17) is 4.74 Å². The molecule has 1 aliphatic rings. The summed E-state index contributed by atoms with van der Waals surface area (Å²) in [6.07, 6.45) is 2.89. The third kappa shape index (κ3) is 3.97. The zero-order valence-corrected chi connectivity index (χ0v) is 12.9. The van der Waals surface area contributed by atoms with Crippen LogP contribution in [0.2, 0.25) is 0 Å². The summed E-state index contributed by atoms with van der Waals surface area (Å²) in [5, 5.41) is 10.4. The molecule has 3 nitrogen and oxygen atoms in total. The molecule has 112 valence electrons. The molecule has 1 atom stereocenters. The first-order valence-electron chi connectivity index (χ1n) is 7.65. The minimum atomic E-state index is -0.441. The molecule has 20 heavy (non-hydrogen) atoms. The van der Waals surface area contributed by atoms with Crippen molar-refractivity contribution in [2.24, 2.45) is 5.92 Å². The van der Waals surface area contributed by atoms with Gasteiger partial charge in [0.1, 0.15) is 5.75 Å². The molecule has 1 N–H and O–H groups in total. The van der Waals surface area contributed by atoms with E-state index >= 15 is 0 Å². The number of aliphatic hydroxyl groups is 1. The lowest BCUT2D eigenvalue weighted by atomic mass is 9.98. The first-order valence-corrected chi connectivity index (χ1v) is 7.65. The molecule has 2 rings (SSSR count). The highest BCUT2D eigenvalue weighted by Crippen LogP contribution is 2.28. The van der Waals surface area contributed by atoms with Crippen LogP contribution < -0.4 is 4.74 Å². The first-order chi connectivity index (χ1) is 9.60. The predicted octanol–water partition coefficient (Wildman–Crippen LogP) is 3.16. The van der Waals surface area contributed by atoms with Crippen molar-refractivity contribution in [1.29, 1.82) is 0 Å². The number of piperidine rings is 1. The van der Waals surface area contributed by atoms with E-state index in [1.165, 1.54) is 25.9 Å². The van der Waals surface area contributed by atoms with Gasteiger partial charge in [0.25, 0.3) is 0 Å². The van der Waals surface area contributed by atoms with Gasteiger partial charge < -0.3 is 14.7 Å². The minimum absolute atomic E-state index is 0.441. The number of benzene rings is 1. The molecular weight excluding hydrogens is 250 g/mol. The summed E-state index contributed by atoms with van der Waals surface area (Å²) in [7, 11) is 1.66. The van der Waals surface area contributed by atoms with Crippen LogP contribution >= 0.6 is 0 Å². The van der Waals surface area contributed by atoms with Gasteiger partial charge in [0.2, 0.25) is 0 Å². The van der Waals surface area contributed by atoms with Gasteiger partial charge in [-0.15, -0.1) is 0 Å². The summed E-state index contributed by atoms with van der Waals surface area (Å²) in [6, 6.07) is 5.99. The highest BCUT2D eigenvalue weighted by atomic mass is 16.5. The number of hydrogen-bond acceptors (Lipinski definition) is 3. The molecule has 1 aliphatic heterocycles. The van der Waals surface area contributed by atoms with Gasteiger partial charge in [-0.1, -0.05) is 18.6 Å². The molecule has 1 unspecified atom stereocenters. The molecule has 1 heterocycles. The van der Waals surface area contributed by atoms with Crippen molar-refractivity contribution in [3.63, 3.8) is 0 Å². The van der Waals surface area contributed by atoms with Crippen LogP contribution in [-0.4, -0.2) is 36.8 Å². The lowest BCUT2D eigenvalue weighted by Gasteiger charge is -2.30. The first kappa shape index (κ1) is 15.3. The lowest BCUT2D eigenvalue weighted by molar-refractivity contribution is 0.123. The van der Waals surface area contributed by atoms with Crippen LogP contribution in [0, 0.1) is 12.8 Å². The van der Waals surface area contributed by atoms with Gasteiger partial charge in [0, 0.05) is 12.1 Å². The van der Waals surface area contributed by atoms with E-state index in [2.05, 4.69) is 11.8 Å². The molecule has 1 aromatic carbocycles. The summed E-state index contributed by atoms with van der Waals surface area (Å²) in [5.74, 6) is 1.64. The number of rotatable bonds is 5. The smallest absolute Gasteiger partial charge is 0.124 e. The van der Waals surface area contributed by atoms with Gasteiger partial charge in [0.05, 0.1) is 13.2 Å². The van der Waals surface area contributed by atoms with Crippen molar-refractivity contribution in [2.45, 2.75) is 39.2 Å². The monoisotopic (exact) mass is 277 g/mol. The summed E-state index contributed by atoms with van der Waals surface area (Å²) in [4.78, 5) is 2.46. The third-order valence-electron chi connectivity index (χ3n) is 4.34. The van der Waals surface area contributed by atoms with Gasteiger partial charge in [-0.05, 0) is 57.3 Å². The molecule has 0 aliphatic carbocycles. The number of aliphatic hydroxyl groups excluding tert-OH is 1. The Hall–Kier alpha value is -1.06. The minimum Gasteiger partial charge on any atom is -0.496 e. The number of hydrogen-bond donors (Lipinski definition) is 1. The van der Waals surface area contributed by atoms with E-state index in [1.807, 2.05) is 25.1 Å². The Morgan fingerprint density at radius 2 is 2.05 bits per heavy atom. The van der Waals surface area contributed by atoms with E-state index in [0.29, 0.717) is 0 Å². The normalized spacial score (nSPS) is 19.0.